The average Bonchev–Trinajstić information content (AvgIpc) is 3.48. The molecule has 0 amide bonds. The molecule has 0 unspecified atom stereocenters. The van der Waals surface area contributed by atoms with Crippen LogP contribution in [-0.2, 0) is 4.74 Å². The Kier molecular flexibility index (Phi) is 4.66. The van der Waals surface area contributed by atoms with Crippen molar-refractivity contribution in [2.45, 2.75) is 18.8 Å². The smallest absolute Gasteiger partial charge is 0.222 e. The van der Waals surface area contributed by atoms with Crippen molar-refractivity contribution >= 4 is 5.95 Å². The second-order valence-corrected chi connectivity index (χ2v) is 6.38. The van der Waals surface area contributed by atoms with Crippen molar-refractivity contribution in [1.82, 2.24) is 19.9 Å². The molecule has 6 heteroatoms. The number of rotatable bonds is 6. The highest BCUT2D eigenvalue weighted by Gasteiger charge is 2.28. The van der Waals surface area contributed by atoms with Crippen LogP contribution in [0.1, 0.15) is 24.5 Å². The maximum atomic E-state index is 5.38. The van der Waals surface area contributed by atoms with Crippen molar-refractivity contribution in [2.75, 3.05) is 44.7 Å². The zero-order valence-corrected chi connectivity index (χ0v) is 13.8. The van der Waals surface area contributed by atoms with Gasteiger partial charge >= 0.3 is 0 Å². The van der Waals surface area contributed by atoms with Gasteiger partial charge in [0.05, 0.1) is 18.9 Å². The van der Waals surface area contributed by atoms with Crippen molar-refractivity contribution in [1.29, 1.82) is 0 Å². The summed E-state index contributed by atoms with van der Waals surface area (Å²) in [6.45, 7) is 5.55. The van der Waals surface area contributed by atoms with Gasteiger partial charge in [-0.25, -0.2) is 9.97 Å². The Morgan fingerprint density at radius 2 is 1.96 bits per heavy atom. The fraction of sp³-hybridized carbons (Fsp3) is 0.500. The fourth-order valence-corrected chi connectivity index (χ4v) is 3.05. The number of hydrogen-bond donors (Lipinski definition) is 1. The topological polar surface area (TPSA) is 63.2 Å². The quantitative estimate of drug-likeness (QED) is 0.878. The molecule has 2 aromatic rings. The summed E-state index contributed by atoms with van der Waals surface area (Å²) >= 11 is 0. The van der Waals surface area contributed by atoms with E-state index in [1.165, 1.54) is 18.5 Å². The largest absolute Gasteiger partial charge is 0.379 e. The van der Waals surface area contributed by atoms with E-state index in [1.54, 1.807) is 0 Å². The van der Waals surface area contributed by atoms with Gasteiger partial charge in [0.2, 0.25) is 5.95 Å². The van der Waals surface area contributed by atoms with Crippen LogP contribution in [0.15, 0.2) is 30.7 Å². The van der Waals surface area contributed by atoms with Crippen LogP contribution >= 0.6 is 0 Å². The fourth-order valence-electron chi connectivity index (χ4n) is 3.05. The van der Waals surface area contributed by atoms with Gasteiger partial charge in [-0.15, -0.1) is 0 Å². The summed E-state index contributed by atoms with van der Waals surface area (Å²) in [5.41, 5.74) is 3.45. The Labute approximate surface area is 142 Å². The molecule has 0 bridgehead atoms. The molecule has 1 saturated carbocycles. The third-order valence-electron chi connectivity index (χ3n) is 4.59. The van der Waals surface area contributed by atoms with Crippen LogP contribution in [0.3, 0.4) is 0 Å². The van der Waals surface area contributed by atoms with Gasteiger partial charge in [0.15, 0.2) is 0 Å². The molecule has 2 fully saturated rings. The lowest BCUT2D eigenvalue weighted by atomic mass is 10.0. The first-order valence-corrected chi connectivity index (χ1v) is 8.71. The minimum absolute atomic E-state index is 0.580. The van der Waals surface area contributed by atoms with Crippen LogP contribution in [0, 0.1) is 0 Å². The van der Waals surface area contributed by atoms with E-state index in [4.69, 9.17) is 9.72 Å². The molecule has 4 rings (SSSR count). The lowest BCUT2D eigenvalue weighted by Gasteiger charge is -2.26. The molecule has 126 valence electrons. The summed E-state index contributed by atoms with van der Waals surface area (Å²) in [6.07, 6.45) is 8.04. The number of aromatic nitrogens is 3. The molecule has 1 N–H and O–H groups in total. The normalized spacial score (nSPS) is 18.5. The van der Waals surface area contributed by atoms with Crippen LogP contribution < -0.4 is 5.32 Å². The van der Waals surface area contributed by atoms with E-state index in [-0.39, 0.29) is 0 Å². The van der Waals surface area contributed by atoms with E-state index in [0.717, 1.165) is 56.5 Å². The van der Waals surface area contributed by atoms with E-state index in [0.29, 0.717) is 5.92 Å². The van der Waals surface area contributed by atoms with E-state index < -0.39 is 0 Å². The number of anilines is 1. The molecular weight excluding hydrogens is 302 g/mol. The number of nitrogens with one attached hydrogen (secondary N) is 1. The molecule has 1 saturated heterocycles. The number of ether oxygens (including phenoxy) is 1. The Bertz CT molecular complexity index is 668. The third kappa shape index (κ3) is 3.71. The Morgan fingerprint density at radius 3 is 2.71 bits per heavy atom. The number of morpholine rings is 1. The van der Waals surface area contributed by atoms with Gasteiger partial charge in [-0.3, -0.25) is 9.88 Å². The maximum absolute atomic E-state index is 5.38. The number of pyridine rings is 1. The molecule has 0 atom stereocenters. The highest BCUT2D eigenvalue weighted by atomic mass is 16.5. The summed E-state index contributed by atoms with van der Waals surface area (Å²) in [5, 5.41) is 3.38. The molecule has 6 nitrogen and oxygen atoms in total. The van der Waals surface area contributed by atoms with E-state index in [2.05, 4.69) is 20.2 Å². The molecule has 24 heavy (non-hydrogen) atoms. The molecule has 1 aliphatic carbocycles. The zero-order chi connectivity index (χ0) is 16.2. The lowest BCUT2D eigenvalue weighted by molar-refractivity contribution is 0.0398. The van der Waals surface area contributed by atoms with Crippen LogP contribution in [0.2, 0.25) is 0 Å². The van der Waals surface area contributed by atoms with Gasteiger partial charge in [0.1, 0.15) is 0 Å². The number of nitrogens with zero attached hydrogens (tertiary/aromatic N) is 4. The first kappa shape index (κ1) is 15.5. The van der Waals surface area contributed by atoms with E-state index in [9.17, 15) is 0 Å². The van der Waals surface area contributed by atoms with Gasteiger partial charge in [-0.05, 0) is 30.5 Å². The van der Waals surface area contributed by atoms with Crippen LogP contribution in [0.4, 0.5) is 5.95 Å². The van der Waals surface area contributed by atoms with Crippen molar-refractivity contribution in [3.8, 4) is 11.1 Å². The highest BCUT2D eigenvalue weighted by molar-refractivity contribution is 5.66. The van der Waals surface area contributed by atoms with Crippen LogP contribution in [0.25, 0.3) is 11.1 Å². The van der Waals surface area contributed by atoms with E-state index in [1.807, 2.05) is 30.7 Å². The first-order chi connectivity index (χ1) is 11.9. The molecule has 2 aromatic heterocycles. The lowest BCUT2D eigenvalue weighted by Crippen LogP contribution is -2.39. The summed E-state index contributed by atoms with van der Waals surface area (Å²) in [7, 11) is 0. The minimum Gasteiger partial charge on any atom is -0.379 e. The van der Waals surface area contributed by atoms with Crippen LogP contribution in [0.5, 0.6) is 0 Å². The Balaban J connectivity index is 1.44. The molecule has 0 radical (unpaired) electrons. The second kappa shape index (κ2) is 7.23. The molecular formula is C18H23N5O. The van der Waals surface area contributed by atoms with Crippen molar-refractivity contribution in [2.24, 2.45) is 0 Å². The third-order valence-corrected chi connectivity index (χ3v) is 4.59. The molecule has 1 aliphatic heterocycles. The van der Waals surface area contributed by atoms with Crippen molar-refractivity contribution < 1.29 is 4.74 Å². The van der Waals surface area contributed by atoms with Crippen molar-refractivity contribution in [3.05, 3.63) is 36.4 Å². The predicted octanol–water partition coefficient (Wildman–Crippen LogP) is 2.16. The average molecular weight is 325 g/mol. The standard InChI is InChI=1S/C18H23N5O/c1-2-15(1)17-16(14-3-5-19-6-4-14)13-21-18(22-17)20-7-8-23-9-11-24-12-10-23/h3-6,13,15H,1-2,7-12H2,(H,20,21,22). The van der Waals surface area contributed by atoms with E-state index >= 15 is 0 Å². The Hall–Kier alpha value is -2.05. The van der Waals surface area contributed by atoms with Gasteiger partial charge < -0.3 is 10.1 Å². The first-order valence-electron chi connectivity index (χ1n) is 8.71. The maximum Gasteiger partial charge on any atom is 0.222 e. The molecule has 2 aliphatic rings. The molecule has 0 aromatic carbocycles. The monoisotopic (exact) mass is 325 g/mol. The van der Waals surface area contributed by atoms with Crippen molar-refractivity contribution in [3.63, 3.8) is 0 Å². The predicted molar refractivity (Wildman–Crippen MR) is 93.0 cm³/mol. The SMILES string of the molecule is c1cc(-c2cnc(NCCN3CCOCC3)nc2C2CC2)ccn1. The number of hydrogen-bond acceptors (Lipinski definition) is 6. The zero-order valence-electron chi connectivity index (χ0n) is 13.8. The summed E-state index contributed by atoms with van der Waals surface area (Å²) < 4.78 is 5.38. The summed E-state index contributed by atoms with van der Waals surface area (Å²) in [4.78, 5) is 15.8. The molecule has 0 spiro atoms. The molecule has 3 heterocycles. The van der Waals surface area contributed by atoms with Gasteiger partial charge in [-0.1, -0.05) is 0 Å². The van der Waals surface area contributed by atoms with Gasteiger partial charge in [-0.2, -0.15) is 0 Å². The van der Waals surface area contributed by atoms with Gasteiger partial charge in [0, 0.05) is 56.3 Å². The van der Waals surface area contributed by atoms with Gasteiger partial charge in [0.25, 0.3) is 0 Å². The Morgan fingerprint density at radius 1 is 1.17 bits per heavy atom. The summed E-state index contributed by atoms with van der Waals surface area (Å²) in [5.74, 6) is 1.32. The highest BCUT2D eigenvalue weighted by Crippen LogP contribution is 2.43. The van der Waals surface area contributed by atoms with Crippen LogP contribution in [-0.4, -0.2) is 59.2 Å². The summed E-state index contributed by atoms with van der Waals surface area (Å²) in [6, 6.07) is 4.05. The second-order valence-electron chi connectivity index (χ2n) is 6.38. The minimum atomic E-state index is 0.580.